The van der Waals surface area contributed by atoms with Gasteiger partial charge >= 0.3 is 239 Å². The molecule has 0 saturated heterocycles. The van der Waals surface area contributed by atoms with E-state index in [2.05, 4.69) is 94.9 Å². The maximum absolute atomic E-state index is 6.23. The van der Waals surface area contributed by atoms with Gasteiger partial charge in [0.2, 0.25) is 0 Å². The van der Waals surface area contributed by atoms with Gasteiger partial charge in [-0.15, -0.1) is 0 Å². The van der Waals surface area contributed by atoms with Crippen molar-refractivity contribution >= 4 is 25.4 Å². The molecule has 0 aromatic heterocycles. The van der Waals surface area contributed by atoms with E-state index in [1.807, 2.05) is 118 Å². The molecule has 0 fully saturated rings. The van der Waals surface area contributed by atoms with Crippen LogP contribution in [0.1, 0.15) is 69.2 Å². The molecule has 0 aliphatic heterocycles. The van der Waals surface area contributed by atoms with E-state index in [0.717, 1.165) is 33.8 Å². The van der Waals surface area contributed by atoms with Crippen LogP contribution in [0.3, 0.4) is 0 Å². The molecule has 5 aromatic carbocycles. The zero-order valence-corrected chi connectivity index (χ0v) is 35.6. The van der Waals surface area contributed by atoms with E-state index in [9.17, 15) is 0 Å². The van der Waals surface area contributed by atoms with E-state index in [1.54, 1.807) is 0 Å². The van der Waals surface area contributed by atoms with E-state index in [1.165, 1.54) is 7.22 Å². The summed E-state index contributed by atoms with van der Waals surface area (Å²) in [5.74, 6) is 1.67. The van der Waals surface area contributed by atoms with Gasteiger partial charge in [0.1, 0.15) is 0 Å². The van der Waals surface area contributed by atoms with Gasteiger partial charge in [0.15, 0.2) is 0 Å². The normalized spacial score (nSPS) is 11.6. The summed E-state index contributed by atoms with van der Waals surface area (Å²) in [5, 5.41) is 0. The van der Waals surface area contributed by atoms with Crippen LogP contribution < -0.4 is 16.7 Å². The molecule has 4 nitrogen and oxygen atoms in total. The van der Waals surface area contributed by atoms with Gasteiger partial charge in [0.25, 0.3) is 0 Å². The van der Waals surface area contributed by atoms with Crippen molar-refractivity contribution in [2.45, 2.75) is 91.8 Å². The van der Waals surface area contributed by atoms with Crippen molar-refractivity contribution < 1.29 is 18.9 Å². The fourth-order valence-electron chi connectivity index (χ4n) is 4.96. The Labute approximate surface area is 315 Å². The Bertz CT molecular complexity index is 1440. The summed E-state index contributed by atoms with van der Waals surface area (Å²) in [6.45, 7) is 21.1. The molecule has 2 atom stereocenters. The summed E-state index contributed by atoms with van der Waals surface area (Å²) in [6.07, 6.45) is -0.642. The Morgan fingerprint density at radius 1 is 0.451 bits per heavy atom. The molecule has 0 N–H and O–H groups in total. The van der Waals surface area contributed by atoms with Gasteiger partial charge in [-0.3, -0.25) is 0 Å². The average molecular weight is 809 g/mol. The number of hydrogen-bond acceptors (Lipinski definition) is 4. The Morgan fingerprint density at radius 2 is 0.745 bits per heavy atom. The molecule has 0 spiro atoms. The maximum Gasteiger partial charge on any atom is -0.0623 e. The van der Waals surface area contributed by atoms with Crippen molar-refractivity contribution in [1.29, 1.82) is 0 Å². The van der Waals surface area contributed by atoms with Gasteiger partial charge in [-0.25, -0.2) is 0 Å². The van der Waals surface area contributed by atoms with Crippen molar-refractivity contribution in [3.8, 4) is 33.8 Å². The third-order valence-electron chi connectivity index (χ3n) is 7.31. The first-order chi connectivity index (χ1) is 24.8. The van der Waals surface area contributed by atoms with Gasteiger partial charge in [0.05, 0.1) is 0 Å². The molecule has 5 heteroatoms. The first-order valence-electron chi connectivity index (χ1n) is 18.5. The van der Waals surface area contributed by atoms with Gasteiger partial charge in [-0.2, -0.15) is 0 Å². The molecule has 0 bridgehead atoms. The number of ether oxygens (including phenoxy) is 4. The van der Waals surface area contributed by atoms with Gasteiger partial charge in [-0.1, -0.05) is 77.9 Å². The molecule has 5 aromatic rings. The molecular formula is C46H64O4Te. The molecule has 0 aliphatic carbocycles. The van der Waals surface area contributed by atoms with E-state index < -0.39 is 18.2 Å². The Hall–Kier alpha value is -3.59. The second kappa shape index (κ2) is 26.2. The largest absolute Gasteiger partial charge is 0.0623 e. The minimum absolute atomic E-state index is 0.321. The first kappa shape index (κ1) is 45.4. The topological polar surface area (TPSA) is 36.9 Å². The number of rotatable bonds is 12. The van der Waals surface area contributed by atoms with Crippen LogP contribution >= 0.6 is 0 Å². The van der Waals surface area contributed by atoms with Crippen LogP contribution in [0.25, 0.3) is 22.3 Å². The fourth-order valence-corrected chi connectivity index (χ4v) is 10.4. The molecule has 2 unspecified atom stereocenters. The summed E-state index contributed by atoms with van der Waals surface area (Å²) in [6, 6.07) is 46.3. The number of hydrogen-bond donors (Lipinski definition) is 0. The zero-order chi connectivity index (χ0) is 38.1. The summed E-state index contributed by atoms with van der Waals surface area (Å²) >= 11 is -2.78. The average Bonchev–Trinajstić information content (AvgIpc) is 3.19. The van der Waals surface area contributed by atoms with Gasteiger partial charge in [-0.05, 0) is 0 Å². The number of benzene rings is 5. The van der Waals surface area contributed by atoms with Crippen molar-refractivity contribution in [1.82, 2.24) is 0 Å². The van der Waals surface area contributed by atoms with Crippen LogP contribution in [0.5, 0.6) is 11.5 Å². The van der Waals surface area contributed by atoms with Gasteiger partial charge < -0.3 is 0 Å². The first-order valence-corrected chi connectivity index (χ1v) is 25.5. The van der Waals surface area contributed by atoms with Crippen molar-refractivity contribution in [2.24, 2.45) is 0 Å². The summed E-state index contributed by atoms with van der Waals surface area (Å²) in [4.78, 5) is 4.90. The molecule has 0 amide bonds. The van der Waals surface area contributed by atoms with Crippen LogP contribution in [0, 0.1) is 0 Å². The predicted octanol–water partition coefficient (Wildman–Crippen LogP) is 12.1. The van der Waals surface area contributed by atoms with Crippen LogP contribution in [-0.4, -0.2) is 44.0 Å². The quantitative estimate of drug-likeness (QED) is 0.0929. The van der Waals surface area contributed by atoms with Gasteiger partial charge in [0, 0.05) is 0 Å². The fraction of sp³-hybridized carbons (Fsp3) is 0.348. The van der Waals surface area contributed by atoms with E-state index in [0.29, 0.717) is 13.2 Å². The smallest absolute Gasteiger partial charge is 0.0623 e. The van der Waals surface area contributed by atoms with Crippen molar-refractivity contribution in [3.63, 3.8) is 0 Å². The molecule has 0 radical (unpaired) electrons. The van der Waals surface area contributed by atoms with E-state index >= 15 is 0 Å². The molecular weight excluding hydrogens is 744 g/mol. The standard InChI is InChI=1S/C34H40O4Te.C6H6.3C2H6/c1-7-35-25(3)37-33-21-19-29(23-31(33)27-15-11-9-12-16-27)39(5,6)30-20-22-34(38-26(4)36-8-2)32(24-30)28-17-13-10-14-18-28;1-2-4-6-5-3-1;3*1-2/h9-26H,7-8H2,1-6H3;1-6H;3*1-2H3. The van der Waals surface area contributed by atoms with E-state index in [4.69, 9.17) is 18.9 Å². The molecule has 0 saturated carbocycles. The Morgan fingerprint density at radius 3 is 1.04 bits per heavy atom. The maximum atomic E-state index is 6.23. The van der Waals surface area contributed by atoms with Crippen LogP contribution in [0.2, 0.25) is 9.94 Å². The molecule has 0 heterocycles. The van der Waals surface area contributed by atoms with Crippen molar-refractivity contribution in [3.05, 3.63) is 133 Å². The second-order valence-electron chi connectivity index (χ2n) is 10.8. The summed E-state index contributed by atoms with van der Waals surface area (Å²) < 4.78 is 26.6. The van der Waals surface area contributed by atoms with Crippen LogP contribution in [0.4, 0.5) is 0 Å². The minimum Gasteiger partial charge on any atom is -0.0623 e. The van der Waals surface area contributed by atoms with Crippen LogP contribution in [0.15, 0.2) is 133 Å². The zero-order valence-electron chi connectivity index (χ0n) is 33.3. The third kappa shape index (κ3) is 14.9. The van der Waals surface area contributed by atoms with E-state index in [-0.39, 0.29) is 12.6 Å². The molecule has 0 aliphatic rings. The SMILES string of the molecule is CC.CC.CC.CCOC(C)Oc1ccc([Te](C)(C)c2ccc(OC(C)OCC)c(-c3ccccc3)c2)cc1-c1ccccc1.c1ccccc1. The Balaban J connectivity index is 0.000000942. The Kier molecular flexibility index (Phi) is 23.4. The van der Waals surface area contributed by atoms with Crippen LogP contribution in [-0.2, 0) is 9.47 Å². The molecule has 278 valence electrons. The second-order valence-corrected chi connectivity index (χ2v) is 21.1. The predicted molar refractivity (Wildman–Crippen MR) is 224 cm³/mol. The summed E-state index contributed by atoms with van der Waals surface area (Å²) in [5.41, 5.74) is 4.45. The monoisotopic (exact) mass is 810 g/mol. The minimum atomic E-state index is -2.78. The summed E-state index contributed by atoms with van der Waals surface area (Å²) in [7, 11) is 0. The molecule has 51 heavy (non-hydrogen) atoms. The molecule has 5 rings (SSSR count). The third-order valence-corrected chi connectivity index (χ3v) is 15.5. The van der Waals surface area contributed by atoms with Crippen molar-refractivity contribution in [2.75, 3.05) is 13.2 Å².